The van der Waals surface area contributed by atoms with Crippen molar-refractivity contribution in [1.29, 1.82) is 0 Å². The highest BCUT2D eigenvalue weighted by Crippen LogP contribution is 2.00. The number of carboxylic acid groups (broad SMARTS) is 1. The number of amides is 1. The topological polar surface area (TPSA) is 84.2 Å². The van der Waals surface area contributed by atoms with E-state index in [-0.39, 0.29) is 11.7 Å². The molecule has 2 N–H and O–H groups in total. The minimum absolute atomic E-state index is 0.0598. The van der Waals surface area contributed by atoms with E-state index in [0.717, 1.165) is 13.0 Å². The molecule has 6 nitrogen and oxygen atoms in total. The lowest BCUT2D eigenvalue weighted by atomic mass is 10.3. The van der Waals surface area contributed by atoms with E-state index in [2.05, 4.69) is 10.4 Å². The number of thioether (sulfide) groups is 1. The molecule has 1 heterocycles. The zero-order valence-corrected chi connectivity index (χ0v) is 11.1. The monoisotopic (exact) mass is 271 g/mol. The van der Waals surface area contributed by atoms with Crippen LogP contribution in [0.15, 0.2) is 12.4 Å². The van der Waals surface area contributed by atoms with E-state index < -0.39 is 5.97 Å². The minimum Gasteiger partial charge on any atom is -0.481 e. The number of aliphatic carboxylic acids is 1. The van der Waals surface area contributed by atoms with Gasteiger partial charge in [0, 0.05) is 25.0 Å². The van der Waals surface area contributed by atoms with Crippen molar-refractivity contribution in [3.63, 3.8) is 0 Å². The van der Waals surface area contributed by atoms with Gasteiger partial charge in [0.1, 0.15) is 0 Å². The highest BCUT2D eigenvalue weighted by Gasteiger charge is 2.07. The Morgan fingerprint density at radius 1 is 1.56 bits per heavy atom. The second kappa shape index (κ2) is 7.75. The van der Waals surface area contributed by atoms with E-state index in [1.165, 1.54) is 18.0 Å². The van der Waals surface area contributed by atoms with Crippen molar-refractivity contribution in [2.24, 2.45) is 0 Å². The molecule has 1 rings (SSSR count). The van der Waals surface area contributed by atoms with E-state index in [0.29, 0.717) is 17.9 Å². The van der Waals surface area contributed by atoms with Crippen LogP contribution in [0.5, 0.6) is 0 Å². The third kappa shape index (κ3) is 5.22. The van der Waals surface area contributed by atoms with E-state index in [9.17, 15) is 9.59 Å². The lowest BCUT2D eigenvalue weighted by molar-refractivity contribution is -0.133. The van der Waals surface area contributed by atoms with Crippen molar-refractivity contribution in [3.05, 3.63) is 18.0 Å². The van der Waals surface area contributed by atoms with Crippen molar-refractivity contribution in [2.45, 2.75) is 19.9 Å². The number of nitrogens with one attached hydrogen (secondary N) is 1. The molecule has 100 valence electrons. The van der Waals surface area contributed by atoms with Crippen LogP contribution in [0.3, 0.4) is 0 Å². The maximum atomic E-state index is 11.7. The zero-order valence-electron chi connectivity index (χ0n) is 10.3. The molecule has 0 radical (unpaired) electrons. The van der Waals surface area contributed by atoms with Gasteiger partial charge in [-0.1, -0.05) is 6.92 Å². The van der Waals surface area contributed by atoms with Crippen LogP contribution >= 0.6 is 11.8 Å². The molecule has 0 aliphatic rings. The molecular weight excluding hydrogens is 254 g/mol. The van der Waals surface area contributed by atoms with Crippen molar-refractivity contribution < 1.29 is 14.7 Å². The largest absolute Gasteiger partial charge is 0.481 e. The molecule has 0 aliphatic carbocycles. The number of nitrogens with zero attached hydrogens (tertiary/aromatic N) is 2. The summed E-state index contributed by atoms with van der Waals surface area (Å²) in [5, 5.41) is 15.2. The summed E-state index contributed by atoms with van der Waals surface area (Å²) in [5.41, 5.74) is 0.534. The quantitative estimate of drug-likeness (QED) is 0.684. The van der Waals surface area contributed by atoms with Gasteiger partial charge in [0.15, 0.2) is 0 Å². The molecule has 0 aliphatic heterocycles. The normalized spacial score (nSPS) is 10.3. The third-order valence-electron chi connectivity index (χ3n) is 2.11. The van der Waals surface area contributed by atoms with Crippen LogP contribution in [0.25, 0.3) is 0 Å². The summed E-state index contributed by atoms with van der Waals surface area (Å²) in [5.74, 6) is -0.369. The van der Waals surface area contributed by atoms with Crippen LogP contribution in [-0.4, -0.2) is 44.8 Å². The Bertz CT molecular complexity index is 406. The molecule has 0 spiro atoms. The van der Waals surface area contributed by atoms with Crippen molar-refractivity contribution >= 4 is 23.6 Å². The first-order chi connectivity index (χ1) is 8.63. The number of carboxylic acids is 1. The van der Waals surface area contributed by atoms with Gasteiger partial charge in [-0.15, -0.1) is 11.8 Å². The molecule has 0 aromatic carbocycles. The van der Waals surface area contributed by atoms with Gasteiger partial charge in [0.25, 0.3) is 5.91 Å². The summed E-state index contributed by atoms with van der Waals surface area (Å²) < 4.78 is 1.73. The zero-order chi connectivity index (χ0) is 13.4. The number of carbonyl (C=O) groups is 2. The summed E-state index contributed by atoms with van der Waals surface area (Å²) in [7, 11) is 0. The van der Waals surface area contributed by atoms with Crippen molar-refractivity contribution in [3.8, 4) is 0 Å². The lowest BCUT2D eigenvalue weighted by Gasteiger charge is -2.02. The summed E-state index contributed by atoms with van der Waals surface area (Å²) in [6.07, 6.45) is 4.22. The first kappa shape index (κ1) is 14.6. The molecule has 1 aromatic rings. The molecule has 0 saturated carbocycles. The van der Waals surface area contributed by atoms with Gasteiger partial charge in [0.2, 0.25) is 0 Å². The SMILES string of the molecule is CCCn1cc(C(=O)NCCSCC(=O)O)cn1. The Hall–Kier alpha value is -1.50. The number of hydrogen-bond donors (Lipinski definition) is 2. The number of carbonyl (C=O) groups excluding carboxylic acids is 1. The predicted molar refractivity (Wildman–Crippen MR) is 69.8 cm³/mol. The first-order valence-corrected chi connectivity index (χ1v) is 6.89. The van der Waals surface area contributed by atoms with Gasteiger partial charge in [-0.3, -0.25) is 14.3 Å². The predicted octanol–water partition coefficient (Wildman–Crippen LogP) is 0.841. The Morgan fingerprint density at radius 2 is 2.33 bits per heavy atom. The van der Waals surface area contributed by atoms with Crippen LogP contribution in [0.1, 0.15) is 23.7 Å². The maximum Gasteiger partial charge on any atom is 0.313 e. The van der Waals surface area contributed by atoms with Crippen LogP contribution in [-0.2, 0) is 11.3 Å². The van der Waals surface area contributed by atoms with Crippen LogP contribution in [0, 0.1) is 0 Å². The molecule has 18 heavy (non-hydrogen) atoms. The van der Waals surface area contributed by atoms with Gasteiger partial charge in [-0.2, -0.15) is 5.10 Å². The van der Waals surface area contributed by atoms with Gasteiger partial charge in [0.05, 0.1) is 17.5 Å². The fraction of sp³-hybridized carbons (Fsp3) is 0.545. The molecule has 0 atom stereocenters. The molecule has 0 bridgehead atoms. The number of aryl methyl sites for hydroxylation is 1. The molecule has 0 unspecified atom stereocenters. The van der Waals surface area contributed by atoms with Crippen LogP contribution < -0.4 is 5.32 Å². The average molecular weight is 271 g/mol. The van der Waals surface area contributed by atoms with Gasteiger partial charge in [-0.05, 0) is 6.42 Å². The second-order valence-corrected chi connectivity index (χ2v) is 4.80. The third-order valence-corrected chi connectivity index (χ3v) is 3.05. The van der Waals surface area contributed by atoms with Gasteiger partial charge >= 0.3 is 5.97 Å². The molecular formula is C11H17N3O3S. The Kier molecular flexibility index (Phi) is 6.27. The van der Waals surface area contributed by atoms with E-state index in [1.54, 1.807) is 10.9 Å². The molecule has 1 amide bonds. The van der Waals surface area contributed by atoms with Crippen LogP contribution in [0.2, 0.25) is 0 Å². The summed E-state index contributed by atoms with van der Waals surface area (Å²) >= 11 is 1.28. The molecule has 0 fully saturated rings. The van der Waals surface area contributed by atoms with E-state index in [4.69, 9.17) is 5.11 Å². The summed E-state index contributed by atoms with van der Waals surface area (Å²) in [6.45, 7) is 3.29. The Balaban J connectivity index is 2.25. The average Bonchev–Trinajstić information content (AvgIpc) is 2.77. The molecule has 7 heteroatoms. The van der Waals surface area contributed by atoms with E-state index in [1.807, 2.05) is 6.92 Å². The number of rotatable bonds is 8. The number of aromatic nitrogens is 2. The molecule has 0 saturated heterocycles. The van der Waals surface area contributed by atoms with Gasteiger partial charge in [-0.25, -0.2) is 0 Å². The lowest BCUT2D eigenvalue weighted by Crippen LogP contribution is -2.25. The van der Waals surface area contributed by atoms with Crippen molar-refractivity contribution in [2.75, 3.05) is 18.1 Å². The standard InChI is InChI=1S/C11H17N3O3S/c1-2-4-14-7-9(6-13-14)11(17)12-3-5-18-8-10(15)16/h6-7H,2-5,8H2,1H3,(H,12,17)(H,15,16). The summed E-state index contributed by atoms with van der Waals surface area (Å²) in [4.78, 5) is 21.9. The van der Waals surface area contributed by atoms with E-state index >= 15 is 0 Å². The first-order valence-electron chi connectivity index (χ1n) is 5.73. The minimum atomic E-state index is -0.841. The smallest absolute Gasteiger partial charge is 0.313 e. The fourth-order valence-corrected chi connectivity index (χ4v) is 1.90. The second-order valence-electron chi connectivity index (χ2n) is 3.69. The highest BCUT2D eigenvalue weighted by molar-refractivity contribution is 7.99. The van der Waals surface area contributed by atoms with Crippen LogP contribution in [0.4, 0.5) is 0 Å². The Morgan fingerprint density at radius 3 is 3.00 bits per heavy atom. The molecule has 1 aromatic heterocycles. The van der Waals surface area contributed by atoms with Crippen molar-refractivity contribution in [1.82, 2.24) is 15.1 Å². The Labute approximate surface area is 110 Å². The summed E-state index contributed by atoms with van der Waals surface area (Å²) in [6, 6.07) is 0. The van der Waals surface area contributed by atoms with Gasteiger partial charge < -0.3 is 10.4 Å². The maximum absolute atomic E-state index is 11.7. The highest BCUT2D eigenvalue weighted by atomic mass is 32.2. The number of hydrogen-bond acceptors (Lipinski definition) is 4. The fourth-order valence-electron chi connectivity index (χ4n) is 1.33.